The summed E-state index contributed by atoms with van der Waals surface area (Å²) in [5.74, 6) is 4.60. The third-order valence-corrected chi connectivity index (χ3v) is 4.23. The van der Waals surface area contributed by atoms with Crippen LogP contribution in [-0.4, -0.2) is 16.7 Å². The predicted octanol–water partition coefficient (Wildman–Crippen LogP) is 2.63. The second-order valence-electron chi connectivity index (χ2n) is 4.83. The second kappa shape index (κ2) is 7.50. The first-order chi connectivity index (χ1) is 11.1. The van der Waals surface area contributed by atoms with Gasteiger partial charge in [-0.2, -0.15) is 5.10 Å². The smallest absolute Gasteiger partial charge is 0.347 e. The highest BCUT2D eigenvalue weighted by Gasteiger charge is 2.15. The number of fused-ring (bicyclic) bond motifs is 3. The highest BCUT2D eigenvalue weighted by Crippen LogP contribution is 2.25. The zero-order valence-electron chi connectivity index (χ0n) is 12.4. The van der Waals surface area contributed by atoms with E-state index in [-0.39, 0.29) is 39.2 Å². The van der Waals surface area contributed by atoms with E-state index >= 15 is 0 Å². The summed E-state index contributed by atoms with van der Waals surface area (Å²) in [6.45, 7) is 0. The largest absolute Gasteiger partial charge is 0.422 e. The molecule has 6 nitrogen and oxygen atoms in total. The molecule has 0 aliphatic rings. The average molecular weight is 408 g/mol. The molecule has 3 aromatic rings. The predicted molar refractivity (Wildman–Crippen MR) is 103 cm³/mol. The van der Waals surface area contributed by atoms with Gasteiger partial charge < -0.3 is 16.0 Å². The van der Waals surface area contributed by atoms with E-state index in [1.54, 1.807) is 12.1 Å². The van der Waals surface area contributed by atoms with Gasteiger partial charge in [-0.25, -0.2) is 4.79 Å². The Morgan fingerprint density at radius 1 is 1.17 bits per heavy atom. The Labute approximate surface area is 151 Å². The van der Waals surface area contributed by atoms with Crippen LogP contribution < -0.4 is 17.2 Å². The molecular weight excluding hydrogens is 394 g/mol. The second-order valence-corrected chi connectivity index (χ2v) is 5.82. The van der Waals surface area contributed by atoms with E-state index < -0.39 is 5.63 Å². The summed E-state index contributed by atoms with van der Waals surface area (Å²) in [5.41, 5.74) is 5.21. The quantitative estimate of drug-likeness (QED) is 0.131. The third kappa shape index (κ3) is 3.44. The van der Waals surface area contributed by atoms with Gasteiger partial charge in [-0.05, 0) is 22.9 Å². The van der Waals surface area contributed by atoms with Gasteiger partial charge in [0.15, 0.2) is 11.0 Å². The first-order valence-corrected chi connectivity index (χ1v) is 7.73. The Kier molecular flexibility index (Phi) is 5.63. The maximum Gasteiger partial charge on any atom is 0.347 e. The van der Waals surface area contributed by atoms with E-state index in [0.29, 0.717) is 5.58 Å². The number of nitrogens with zero attached hydrogens (tertiary/aromatic N) is 1. The lowest BCUT2D eigenvalue weighted by Crippen LogP contribution is -2.18. The van der Waals surface area contributed by atoms with Gasteiger partial charge in [0.25, 0.3) is 0 Å². The highest BCUT2D eigenvalue weighted by molar-refractivity contribution is 8.93. The Morgan fingerprint density at radius 3 is 2.67 bits per heavy atom. The summed E-state index contributed by atoms with van der Waals surface area (Å²) in [4.78, 5) is 24.3. The third-order valence-electron chi connectivity index (χ3n) is 3.42. The van der Waals surface area contributed by atoms with Crippen LogP contribution in [0.5, 0.6) is 0 Å². The lowest BCUT2D eigenvalue weighted by Gasteiger charge is -2.05. The van der Waals surface area contributed by atoms with Crippen molar-refractivity contribution in [3.8, 4) is 0 Å². The van der Waals surface area contributed by atoms with Gasteiger partial charge in [0, 0.05) is 5.39 Å². The number of ketones is 1. The number of carbonyl (C=O) groups is 1. The Balaban J connectivity index is 0.00000208. The minimum atomic E-state index is -0.665. The van der Waals surface area contributed by atoms with E-state index in [9.17, 15) is 9.59 Å². The molecule has 0 unspecified atom stereocenters. The summed E-state index contributed by atoms with van der Waals surface area (Å²) < 4.78 is 5.28. The summed E-state index contributed by atoms with van der Waals surface area (Å²) in [5, 5.41) is 5.98. The van der Waals surface area contributed by atoms with Gasteiger partial charge >= 0.3 is 5.63 Å². The van der Waals surface area contributed by atoms with Crippen molar-refractivity contribution in [3.05, 3.63) is 58.4 Å². The van der Waals surface area contributed by atoms with Crippen molar-refractivity contribution < 1.29 is 9.21 Å². The monoisotopic (exact) mass is 407 g/mol. The summed E-state index contributed by atoms with van der Waals surface area (Å²) in [6.07, 6.45) is 0. The number of thioether (sulfide) groups is 1. The van der Waals surface area contributed by atoms with Crippen LogP contribution in [0, 0.1) is 0 Å². The van der Waals surface area contributed by atoms with E-state index in [1.165, 1.54) is 0 Å². The molecule has 0 amide bonds. The number of halogens is 1. The fourth-order valence-corrected chi connectivity index (χ4v) is 2.83. The highest BCUT2D eigenvalue weighted by atomic mass is 79.9. The number of benzene rings is 2. The number of hydrogen-bond donors (Lipinski definition) is 2. The molecule has 4 N–H and O–H groups in total. The molecule has 3 rings (SSSR count). The molecule has 124 valence electrons. The van der Waals surface area contributed by atoms with Crippen molar-refractivity contribution >= 4 is 61.4 Å². The minimum absolute atomic E-state index is 0. The molecule has 1 heterocycles. The number of hydrazone groups is 1. The van der Waals surface area contributed by atoms with E-state index in [1.807, 2.05) is 30.3 Å². The van der Waals surface area contributed by atoms with Crippen LogP contribution in [0.15, 0.2) is 56.8 Å². The Hall–Kier alpha value is -2.32. The van der Waals surface area contributed by atoms with Crippen LogP contribution in [0.3, 0.4) is 0 Å². The fraction of sp³-hybridized carbons (Fsp3) is 0.0625. The number of nitrogens with two attached hydrogens (primary N) is 2. The maximum atomic E-state index is 12.2. The molecule has 24 heavy (non-hydrogen) atoms. The molecule has 0 atom stereocenters. The van der Waals surface area contributed by atoms with Crippen LogP contribution in [0.2, 0.25) is 0 Å². The molecule has 0 aliphatic carbocycles. The van der Waals surface area contributed by atoms with Crippen molar-refractivity contribution in [2.24, 2.45) is 16.7 Å². The molecule has 0 spiro atoms. The van der Waals surface area contributed by atoms with Crippen molar-refractivity contribution in [1.82, 2.24) is 0 Å². The average Bonchev–Trinajstić information content (AvgIpc) is 2.58. The summed E-state index contributed by atoms with van der Waals surface area (Å²) in [6, 6.07) is 12.8. The number of carbonyl (C=O) groups excluding carboxylic acids is 1. The van der Waals surface area contributed by atoms with Crippen LogP contribution in [0.1, 0.15) is 10.4 Å². The van der Waals surface area contributed by atoms with Crippen molar-refractivity contribution in [3.63, 3.8) is 0 Å². The van der Waals surface area contributed by atoms with Crippen molar-refractivity contribution in [2.75, 3.05) is 5.75 Å². The van der Waals surface area contributed by atoms with Crippen LogP contribution in [-0.2, 0) is 0 Å². The summed E-state index contributed by atoms with van der Waals surface area (Å²) >= 11 is 0.970. The molecule has 0 radical (unpaired) electrons. The molecule has 0 saturated heterocycles. The number of rotatable bonds is 3. The first kappa shape index (κ1) is 18.0. The minimum Gasteiger partial charge on any atom is -0.422 e. The lowest BCUT2D eigenvalue weighted by molar-refractivity contribution is 0.101. The van der Waals surface area contributed by atoms with Gasteiger partial charge in [-0.3, -0.25) is 4.79 Å². The molecule has 0 fully saturated rings. The zero-order chi connectivity index (χ0) is 16.4. The standard InChI is InChI=1S/C16H13N3O3S.BrH/c17-16(19-18)23-8-13(20)12-7-11-10-4-2-1-3-9(10)5-6-14(11)22-15(12)21;/h1-7H,8,18H2,(H2,17,19);1H. The van der Waals surface area contributed by atoms with Crippen molar-refractivity contribution in [1.29, 1.82) is 0 Å². The lowest BCUT2D eigenvalue weighted by atomic mass is 10.0. The molecule has 0 aliphatic heterocycles. The van der Waals surface area contributed by atoms with Gasteiger partial charge in [0.05, 0.1) is 5.75 Å². The maximum absolute atomic E-state index is 12.2. The van der Waals surface area contributed by atoms with Gasteiger partial charge in [0.1, 0.15) is 11.1 Å². The number of amidine groups is 1. The molecule has 1 aromatic heterocycles. The van der Waals surface area contributed by atoms with E-state index in [4.69, 9.17) is 16.0 Å². The van der Waals surface area contributed by atoms with Crippen LogP contribution in [0.25, 0.3) is 21.7 Å². The van der Waals surface area contributed by atoms with Crippen LogP contribution >= 0.6 is 28.7 Å². The van der Waals surface area contributed by atoms with Gasteiger partial charge in [-0.1, -0.05) is 42.1 Å². The van der Waals surface area contributed by atoms with Gasteiger partial charge in [-0.15, -0.1) is 17.0 Å². The van der Waals surface area contributed by atoms with E-state index in [2.05, 4.69) is 5.10 Å². The molecule has 0 saturated carbocycles. The topological polar surface area (TPSA) is 112 Å². The van der Waals surface area contributed by atoms with Crippen LogP contribution in [0.4, 0.5) is 0 Å². The SMILES string of the molecule is Br.N/N=C(\N)SCC(=O)c1cc2c(ccc3ccccc32)oc1=O. The molecule has 0 bridgehead atoms. The van der Waals surface area contributed by atoms with E-state index in [0.717, 1.165) is 27.9 Å². The number of hydrogen-bond acceptors (Lipinski definition) is 6. The molecule has 8 heteroatoms. The zero-order valence-corrected chi connectivity index (χ0v) is 14.9. The first-order valence-electron chi connectivity index (χ1n) is 6.75. The Bertz CT molecular complexity index is 1000. The van der Waals surface area contributed by atoms with Crippen molar-refractivity contribution in [2.45, 2.75) is 0 Å². The molecule has 2 aromatic carbocycles. The fourth-order valence-electron chi connectivity index (χ4n) is 2.32. The molecular formula is C16H14BrN3O3S. The Morgan fingerprint density at radius 2 is 1.92 bits per heavy atom. The normalized spacial score (nSPS) is 11.4. The van der Waals surface area contributed by atoms with Gasteiger partial charge in [0.2, 0.25) is 0 Å². The summed E-state index contributed by atoms with van der Waals surface area (Å²) in [7, 11) is 0. The number of Topliss-reactive ketones (excluding diaryl/α,β-unsaturated/α-hetero) is 1.